The van der Waals surface area contributed by atoms with E-state index in [0.717, 1.165) is 17.1 Å². The number of nitrogens with zero attached hydrogens (tertiary/aromatic N) is 2. The van der Waals surface area contributed by atoms with Gasteiger partial charge >= 0.3 is 0 Å². The quantitative estimate of drug-likeness (QED) is 0.877. The Balaban J connectivity index is 2.13. The van der Waals surface area contributed by atoms with E-state index in [9.17, 15) is 8.42 Å². The minimum atomic E-state index is -3.10. The number of halogens is 1. The Morgan fingerprint density at radius 3 is 2.60 bits per heavy atom. The minimum absolute atomic E-state index is 0.0200. The monoisotopic (exact) mass is 331 g/mol. The molecule has 8 heteroatoms. The Bertz CT molecular complexity index is 658. The van der Waals surface area contributed by atoms with Crippen molar-refractivity contribution < 1.29 is 8.42 Å². The average Bonchev–Trinajstić information content (AvgIpc) is 2.80. The Morgan fingerprint density at radius 1 is 1.35 bits per heavy atom. The van der Waals surface area contributed by atoms with Crippen LogP contribution in [0.4, 0.5) is 0 Å². The van der Waals surface area contributed by atoms with Gasteiger partial charge in [0.15, 0.2) is 0 Å². The highest BCUT2D eigenvalue weighted by Crippen LogP contribution is 2.19. The summed E-state index contributed by atoms with van der Waals surface area (Å²) in [6.07, 6.45) is 1.22. The first-order chi connectivity index (χ1) is 9.46. The van der Waals surface area contributed by atoms with Crippen LogP contribution in [0.2, 0.25) is 4.34 Å². The molecule has 0 aliphatic carbocycles. The largest absolute Gasteiger partial charge is 0.303 e. The van der Waals surface area contributed by atoms with Gasteiger partial charge in [-0.3, -0.25) is 0 Å². The van der Waals surface area contributed by atoms with Crippen molar-refractivity contribution in [1.82, 2.24) is 14.9 Å². The second-order valence-electron chi connectivity index (χ2n) is 4.43. The van der Waals surface area contributed by atoms with Crippen LogP contribution in [0.15, 0.2) is 30.3 Å². The zero-order chi connectivity index (χ0) is 14.6. The van der Waals surface area contributed by atoms with E-state index in [4.69, 9.17) is 11.6 Å². The SMILES string of the molecule is CS(=O)(=O)C[C@@H](NCc1nnsc1Cl)c1ccccc1. The molecule has 20 heavy (non-hydrogen) atoms. The molecule has 0 amide bonds. The molecule has 2 aromatic rings. The van der Waals surface area contributed by atoms with Gasteiger partial charge in [-0.05, 0) is 5.56 Å². The Labute approximate surface area is 127 Å². The highest BCUT2D eigenvalue weighted by atomic mass is 35.5. The zero-order valence-electron chi connectivity index (χ0n) is 10.8. The second-order valence-corrected chi connectivity index (χ2v) is 7.97. The van der Waals surface area contributed by atoms with E-state index in [-0.39, 0.29) is 11.8 Å². The second kappa shape index (κ2) is 6.62. The van der Waals surface area contributed by atoms with Crippen molar-refractivity contribution in [3.8, 4) is 0 Å². The average molecular weight is 332 g/mol. The standard InChI is InChI=1S/C12H14ClN3O2S2/c1-20(17,18)8-11(9-5-3-2-4-6-9)14-7-10-12(13)19-16-15-10/h2-6,11,14H,7-8H2,1H3/t11-/m1/s1. The van der Waals surface area contributed by atoms with Crippen molar-refractivity contribution in [2.75, 3.05) is 12.0 Å². The fourth-order valence-electron chi connectivity index (χ4n) is 1.78. The van der Waals surface area contributed by atoms with Gasteiger partial charge in [0, 0.05) is 30.4 Å². The van der Waals surface area contributed by atoms with E-state index in [1.54, 1.807) is 0 Å². The van der Waals surface area contributed by atoms with Crippen molar-refractivity contribution in [2.24, 2.45) is 0 Å². The molecular weight excluding hydrogens is 318 g/mol. The fraction of sp³-hybridized carbons (Fsp3) is 0.333. The maximum atomic E-state index is 11.6. The number of benzene rings is 1. The summed E-state index contributed by atoms with van der Waals surface area (Å²) in [5.74, 6) is 0.0200. The molecule has 0 bridgehead atoms. The molecule has 1 aromatic carbocycles. The molecule has 0 saturated carbocycles. The molecule has 5 nitrogen and oxygen atoms in total. The van der Waals surface area contributed by atoms with Crippen LogP contribution in [-0.2, 0) is 16.4 Å². The Kier molecular flexibility index (Phi) is 5.09. The summed E-state index contributed by atoms with van der Waals surface area (Å²) < 4.78 is 27.4. The van der Waals surface area contributed by atoms with Gasteiger partial charge in [-0.1, -0.05) is 46.4 Å². The lowest BCUT2D eigenvalue weighted by Crippen LogP contribution is -2.27. The van der Waals surface area contributed by atoms with E-state index < -0.39 is 9.84 Å². The lowest BCUT2D eigenvalue weighted by atomic mass is 10.1. The van der Waals surface area contributed by atoms with Gasteiger partial charge in [-0.2, -0.15) is 0 Å². The van der Waals surface area contributed by atoms with E-state index in [2.05, 4.69) is 14.9 Å². The third kappa shape index (κ3) is 4.52. The normalized spacial score (nSPS) is 13.3. The Morgan fingerprint density at radius 2 is 2.05 bits per heavy atom. The predicted octanol–water partition coefficient (Wildman–Crippen LogP) is 2.07. The van der Waals surface area contributed by atoms with Crippen LogP contribution in [0.3, 0.4) is 0 Å². The molecule has 1 N–H and O–H groups in total. The van der Waals surface area contributed by atoms with Gasteiger partial charge in [0.1, 0.15) is 19.9 Å². The molecule has 108 valence electrons. The topological polar surface area (TPSA) is 72.0 Å². The van der Waals surface area contributed by atoms with Crippen LogP contribution in [-0.4, -0.2) is 30.0 Å². The maximum absolute atomic E-state index is 11.6. The predicted molar refractivity (Wildman–Crippen MR) is 80.7 cm³/mol. The first-order valence-electron chi connectivity index (χ1n) is 5.88. The van der Waals surface area contributed by atoms with E-state index >= 15 is 0 Å². The third-order valence-electron chi connectivity index (χ3n) is 2.70. The van der Waals surface area contributed by atoms with Crippen LogP contribution >= 0.6 is 23.1 Å². The lowest BCUT2D eigenvalue weighted by Gasteiger charge is -2.17. The van der Waals surface area contributed by atoms with Crippen LogP contribution in [0.5, 0.6) is 0 Å². The third-order valence-corrected chi connectivity index (χ3v) is 4.62. The molecule has 0 aliphatic heterocycles. The summed E-state index contributed by atoms with van der Waals surface area (Å²) in [7, 11) is -3.10. The summed E-state index contributed by atoms with van der Waals surface area (Å²) in [6.45, 7) is 0.379. The zero-order valence-corrected chi connectivity index (χ0v) is 13.2. The number of sulfone groups is 1. The summed E-state index contributed by atoms with van der Waals surface area (Å²) in [5, 5.41) is 7.08. The molecule has 0 spiro atoms. The molecule has 2 rings (SSSR count). The van der Waals surface area contributed by atoms with Gasteiger partial charge in [0.05, 0.1) is 5.75 Å². The molecule has 0 unspecified atom stereocenters. The first-order valence-corrected chi connectivity index (χ1v) is 9.09. The molecule has 0 radical (unpaired) electrons. The number of aromatic nitrogens is 2. The van der Waals surface area contributed by atoms with E-state index in [0.29, 0.717) is 16.6 Å². The van der Waals surface area contributed by atoms with Crippen molar-refractivity contribution in [3.05, 3.63) is 45.9 Å². The van der Waals surface area contributed by atoms with Crippen LogP contribution in [0.1, 0.15) is 17.3 Å². The highest BCUT2D eigenvalue weighted by Gasteiger charge is 2.18. The van der Waals surface area contributed by atoms with E-state index in [1.807, 2.05) is 30.3 Å². The van der Waals surface area contributed by atoms with Crippen LogP contribution in [0, 0.1) is 0 Å². The van der Waals surface area contributed by atoms with Gasteiger partial charge in [0.25, 0.3) is 0 Å². The molecule has 1 atom stereocenters. The van der Waals surface area contributed by atoms with Gasteiger partial charge in [-0.15, -0.1) is 5.10 Å². The summed E-state index contributed by atoms with van der Waals surface area (Å²) in [4.78, 5) is 0. The van der Waals surface area contributed by atoms with Crippen molar-refractivity contribution in [1.29, 1.82) is 0 Å². The first kappa shape index (κ1) is 15.4. The van der Waals surface area contributed by atoms with Crippen LogP contribution in [0.25, 0.3) is 0 Å². The van der Waals surface area contributed by atoms with Crippen LogP contribution < -0.4 is 5.32 Å². The van der Waals surface area contributed by atoms with Gasteiger partial charge < -0.3 is 5.32 Å². The van der Waals surface area contributed by atoms with Gasteiger partial charge in [0.2, 0.25) is 0 Å². The molecule has 0 aliphatic rings. The molecule has 0 fully saturated rings. The minimum Gasteiger partial charge on any atom is -0.303 e. The van der Waals surface area contributed by atoms with Crippen molar-refractivity contribution in [3.63, 3.8) is 0 Å². The van der Waals surface area contributed by atoms with E-state index in [1.165, 1.54) is 6.26 Å². The molecular formula is C12H14ClN3O2S2. The van der Waals surface area contributed by atoms with Crippen molar-refractivity contribution >= 4 is 33.0 Å². The smallest absolute Gasteiger partial charge is 0.149 e. The highest BCUT2D eigenvalue weighted by molar-refractivity contribution is 7.90. The lowest BCUT2D eigenvalue weighted by molar-refractivity contribution is 0.546. The summed E-state index contributed by atoms with van der Waals surface area (Å²) in [5.41, 5.74) is 1.54. The number of nitrogens with one attached hydrogen (secondary N) is 1. The van der Waals surface area contributed by atoms with Gasteiger partial charge in [-0.25, -0.2) is 8.42 Å². The molecule has 1 heterocycles. The fourth-order valence-corrected chi connectivity index (χ4v) is 3.33. The number of hydrogen-bond acceptors (Lipinski definition) is 6. The Hall–Kier alpha value is -1.02. The summed E-state index contributed by atoms with van der Waals surface area (Å²) >= 11 is 7.05. The number of rotatable bonds is 6. The van der Waals surface area contributed by atoms with Crippen molar-refractivity contribution in [2.45, 2.75) is 12.6 Å². The molecule has 0 saturated heterocycles. The summed E-state index contributed by atoms with van der Waals surface area (Å²) in [6, 6.07) is 9.13. The number of hydrogen-bond donors (Lipinski definition) is 1. The maximum Gasteiger partial charge on any atom is 0.149 e. The molecule has 1 aromatic heterocycles.